The lowest BCUT2D eigenvalue weighted by molar-refractivity contribution is 0.0600. The van der Waals surface area contributed by atoms with E-state index in [1.54, 1.807) is 35.6 Å². The number of nitrogens with one attached hydrogen (secondary N) is 1. The zero-order chi connectivity index (χ0) is 23.0. The molecule has 1 aromatic heterocycles. The SMILES string of the molecule is COC(=O)c1ccc(C(=O)Cc2cc(-c3cccs3)ccc2OCCC2CCCCN2)cc1. The summed E-state index contributed by atoms with van der Waals surface area (Å²) in [6, 6.07) is 17.3. The van der Waals surface area contributed by atoms with Crippen molar-refractivity contribution < 1.29 is 19.1 Å². The molecule has 0 radical (unpaired) electrons. The van der Waals surface area contributed by atoms with Gasteiger partial charge in [0, 0.05) is 28.5 Å². The van der Waals surface area contributed by atoms with Crippen LogP contribution in [0.4, 0.5) is 0 Å². The van der Waals surface area contributed by atoms with Gasteiger partial charge >= 0.3 is 5.97 Å². The molecule has 1 aliphatic heterocycles. The molecule has 0 saturated carbocycles. The van der Waals surface area contributed by atoms with Crippen LogP contribution in [0.2, 0.25) is 0 Å². The minimum Gasteiger partial charge on any atom is -0.493 e. The molecule has 3 aromatic rings. The van der Waals surface area contributed by atoms with Crippen molar-refractivity contribution in [2.24, 2.45) is 0 Å². The van der Waals surface area contributed by atoms with E-state index in [1.807, 2.05) is 17.5 Å². The highest BCUT2D eigenvalue weighted by Crippen LogP contribution is 2.31. The number of hydrogen-bond donors (Lipinski definition) is 1. The number of piperidine rings is 1. The third-order valence-electron chi connectivity index (χ3n) is 5.98. The van der Waals surface area contributed by atoms with E-state index in [-0.39, 0.29) is 12.2 Å². The number of ketones is 1. The van der Waals surface area contributed by atoms with Crippen LogP contribution < -0.4 is 10.1 Å². The van der Waals surface area contributed by atoms with Crippen molar-refractivity contribution >= 4 is 23.1 Å². The van der Waals surface area contributed by atoms with Gasteiger partial charge in [-0.1, -0.05) is 24.6 Å². The van der Waals surface area contributed by atoms with Crippen LogP contribution >= 0.6 is 11.3 Å². The number of esters is 1. The molecule has 2 heterocycles. The van der Waals surface area contributed by atoms with Gasteiger partial charge in [-0.05, 0) is 73.1 Å². The minimum atomic E-state index is -0.416. The van der Waals surface area contributed by atoms with Gasteiger partial charge in [-0.15, -0.1) is 11.3 Å². The first-order valence-corrected chi connectivity index (χ1v) is 12.3. The summed E-state index contributed by atoms with van der Waals surface area (Å²) in [6.45, 7) is 1.69. The topological polar surface area (TPSA) is 64.6 Å². The molecule has 0 spiro atoms. The lowest BCUT2D eigenvalue weighted by Crippen LogP contribution is -2.35. The molecule has 172 valence electrons. The van der Waals surface area contributed by atoms with Gasteiger partial charge in [0.15, 0.2) is 5.78 Å². The Kier molecular flexibility index (Phi) is 7.92. The van der Waals surface area contributed by atoms with E-state index in [0.29, 0.717) is 23.8 Å². The molecule has 4 rings (SSSR count). The predicted molar refractivity (Wildman–Crippen MR) is 131 cm³/mol. The fourth-order valence-electron chi connectivity index (χ4n) is 4.12. The Hall–Kier alpha value is -2.96. The van der Waals surface area contributed by atoms with Crippen molar-refractivity contribution in [2.45, 2.75) is 38.1 Å². The summed E-state index contributed by atoms with van der Waals surface area (Å²) in [5.74, 6) is 0.319. The van der Waals surface area contributed by atoms with E-state index in [9.17, 15) is 9.59 Å². The minimum absolute atomic E-state index is 0.0199. The summed E-state index contributed by atoms with van der Waals surface area (Å²) in [5, 5.41) is 5.60. The summed E-state index contributed by atoms with van der Waals surface area (Å²) in [6.07, 6.45) is 4.88. The van der Waals surface area contributed by atoms with Crippen molar-refractivity contribution in [3.8, 4) is 16.2 Å². The third kappa shape index (κ3) is 6.09. The number of ether oxygens (including phenoxy) is 2. The lowest BCUT2D eigenvalue weighted by Gasteiger charge is -2.23. The van der Waals surface area contributed by atoms with Crippen molar-refractivity contribution in [2.75, 3.05) is 20.3 Å². The quantitative estimate of drug-likeness (QED) is 0.333. The van der Waals surface area contributed by atoms with E-state index in [0.717, 1.165) is 34.7 Å². The van der Waals surface area contributed by atoms with Crippen LogP contribution in [0, 0.1) is 0 Å². The van der Waals surface area contributed by atoms with Gasteiger partial charge in [-0.3, -0.25) is 4.79 Å². The molecule has 0 bridgehead atoms. The number of methoxy groups -OCH3 is 1. The van der Waals surface area contributed by atoms with Gasteiger partial charge in [0.25, 0.3) is 0 Å². The average Bonchev–Trinajstić information content (AvgIpc) is 3.40. The molecule has 1 aliphatic rings. The number of rotatable bonds is 9. The van der Waals surface area contributed by atoms with Crippen molar-refractivity contribution in [1.82, 2.24) is 5.32 Å². The van der Waals surface area contributed by atoms with E-state index < -0.39 is 5.97 Å². The fraction of sp³-hybridized carbons (Fsp3) is 0.333. The Morgan fingerprint density at radius 1 is 1.06 bits per heavy atom. The summed E-state index contributed by atoms with van der Waals surface area (Å²) in [4.78, 5) is 25.9. The molecule has 6 heteroatoms. The number of benzene rings is 2. The number of thiophene rings is 1. The van der Waals surface area contributed by atoms with Crippen LogP contribution in [-0.2, 0) is 11.2 Å². The monoisotopic (exact) mass is 463 g/mol. The van der Waals surface area contributed by atoms with E-state index in [1.165, 1.54) is 26.4 Å². The molecule has 5 nitrogen and oxygen atoms in total. The molecule has 1 saturated heterocycles. The number of carbonyl (C=O) groups excluding carboxylic acids is 2. The second-order valence-corrected chi connectivity index (χ2v) is 9.20. The lowest BCUT2D eigenvalue weighted by atomic mass is 9.99. The van der Waals surface area contributed by atoms with Crippen molar-refractivity contribution in [1.29, 1.82) is 0 Å². The highest BCUT2D eigenvalue weighted by Gasteiger charge is 2.16. The van der Waals surface area contributed by atoms with Crippen LogP contribution in [-0.4, -0.2) is 38.1 Å². The van der Waals surface area contributed by atoms with Gasteiger partial charge in [-0.25, -0.2) is 4.79 Å². The summed E-state index contributed by atoms with van der Waals surface area (Å²) >= 11 is 1.67. The van der Waals surface area contributed by atoms with Gasteiger partial charge in [0.2, 0.25) is 0 Å². The Labute approximate surface area is 198 Å². The highest BCUT2D eigenvalue weighted by atomic mass is 32.1. The van der Waals surface area contributed by atoms with Crippen molar-refractivity contribution in [3.63, 3.8) is 0 Å². The molecular weight excluding hydrogens is 434 g/mol. The van der Waals surface area contributed by atoms with Crippen LogP contribution in [0.3, 0.4) is 0 Å². The number of Topliss-reactive ketones (excluding diaryl/α,β-unsaturated/α-hetero) is 1. The number of carbonyl (C=O) groups is 2. The highest BCUT2D eigenvalue weighted by molar-refractivity contribution is 7.13. The van der Waals surface area contributed by atoms with Crippen LogP contribution in [0.1, 0.15) is 52.0 Å². The van der Waals surface area contributed by atoms with Crippen LogP contribution in [0.5, 0.6) is 5.75 Å². The maximum Gasteiger partial charge on any atom is 0.337 e. The van der Waals surface area contributed by atoms with Gasteiger partial charge in [-0.2, -0.15) is 0 Å². The first-order valence-electron chi connectivity index (χ1n) is 11.4. The van der Waals surface area contributed by atoms with E-state index in [4.69, 9.17) is 9.47 Å². The van der Waals surface area contributed by atoms with E-state index in [2.05, 4.69) is 23.5 Å². The molecule has 1 N–H and O–H groups in total. The second-order valence-electron chi connectivity index (χ2n) is 8.25. The second kappa shape index (κ2) is 11.3. The number of hydrogen-bond acceptors (Lipinski definition) is 6. The molecule has 33 heavy (non-hydrogen) atoms. The average molecular weight is 464 g/mol. The maximum atomic E-state index is 13.1. The Morgan fingerprint density at radius 2 is 1.88 bits per heavy atom. The normalized spacial score (nSPS) is 15.7. The fourth-order valence-corrected chi connectivity index (χ4v) is 4.85. The third-order valence-corrected chi connectivity index (χ3v) is 6.90. The zero-order valence-electron chi connectivity index (χ0n) is 18.8. The Bertz CT molecular complexity index is 1070. The van der Waals surface area contributed by atoms with Crippen molar-refractivity contribution in [3.05, 3.63) is 76.7 Å². The van der Waals surface area contributed by atoms with Gasteiger partial charge in [0.05, 0.1) is 19.3 Å². The van der Waals surface area contributed by atoms with Gasteiger partial charge in [0.1, 0.15) is 5.75 Å². The molecule has 0 amide bonds. The predicted octanol–water partition coefficient (Wildman–Crippen LogP) is 5.54. The summed E-state index contributed by atoms with van der Waals surface area (Å²) in [7, 11) is 1.34. The first-order chi connectivity index (χ1) is 16.1. The molecule has 1 fully saturated rings. The maximum absolute atomic E-state index is 13.1. The summed E-state index contributed by atoms with van der Waals surface area (Å²) in [5.41, 5.74) is 2.94. The zero-order valence-corrected chi connectivity index (χ0v) is 19.7. The standard InChI is InChI=1S/C27H29NO4S/c1-31-27(30)20-9-7-19(8-10-20)24(29)18-22-17-21(26-6-4-16-33-26)11-12-25(22)32-15-13-23-5-2-3-14-28-23/h4,6-12,16-17,23,28H,2-3,5,13-15,18H2,1H3. The molecular formula is C27H29NO4S. The molecule has 0 aliphatic carbocycles. The first kappa shape index (κ1) is 23.2. The Balaban J connectivity index is 1.50. The van der Waals surface area contributed by atoms with E-state index >= 15 is 0 Å². The molecule has 2 aromatic carbocycles. The molecule has 1 unspecified atom stereocenters. The largest absolute Gasteiger partial charge is 0.493 e. The summed E-state index contributed by atoms with van der Waals surface area (Å²) < 4.78 is 10.9. The smallest absolute Gasteiger partial charge is 0.337 e. The van der Waals surface area contributed by atoms with Crippen LogP contribution in [0.15, 0.2) is 60.0 Å². The van der Waals surface area contributed by atoms with Crippen LogP contribution in [0.25, 0.3) is 10.4 Å². The molecule has 1 atom stereocenters. The Morgan fingerprint density at radius 3 is 2.58 bits per heavy atom. The van der Waals surface area contributed by atoms with Gasteiger partial charge < -0.3 is 14.8 Å².